The van der Waals surface area contributed by atoms with Crippen molar-refractivity contribution < 1.29 is 4.74 Å². The van der Waals surface area contributed by atoms with Crippen LogP contribution in [0.1, 0.15) is 17.7 Å². The van der Waals surface area contributed by atoms with Crippen LogP contribution in [0.5, 0.6) is 0 Å². The van der Waals surface area contributed by atoms with Gasteiger partial charge in [0.15, 0.2) is 0 Å². The molecule has 0 aliphatic carbocycles. The van der Waals surface area contributed by atoms with Crippen LogP contribution in [0.3, 0.4) is 0 Å². The molecule has 0 saturated carbocycles. The van der Waals surface area contributed by atoms with Crippen LogP contribution < -0.4 is 5.56 Å². The lowest BCUT2D eigenvalue weighted by Gasteiger charge is -2.33. The zero-order chi connectivity index (χ0) is 17.8. The highest BCUT2D eigenvalue weighted by molar-refractivity contribution is 5.81. The summed E-state index contributed by atoms with van der Waals surface area (Å²) < 4.78 is 5.92. The van der Waals surface area contributed by atoms with E-state index in [1.54, 1.807) is 6.07 Å². The van der Waals surface area contributed by atoms with Crippen molar-refractivity contribution in [1.82, 2.24) is 19.9 Å². The molecule has 3 heterocycles. The minimum atomic E-state index is -0.106. The Labute approximate surface area is 151 Å². The molecule has 1 aromatic carbocycles. The second-order valence-corrected chi connectivity index (χ2v) is 6.66. The third-order valence-corrected chi connectivity index (χ3v) is 4.81. The average molecular weight is 350 g/mol. The van der Waals surface area contributed by atoms with E-state index in [4.69, 9.17) is 4.74 Å². The van der Waals surface area contributed by atoms with Gasteiger partial charge in [0.2, 0.25) is 0 Å². The van der Waals surface area contributed by atoms with Crippen LogP contribution in [0, 0.1) is 0 Å². The summed E-state index contributed by atoms with van der Waals surface area (Å²) in [5.41, 5.74) is 3.04. The lowest BCUT2D eigenvalue weighted by molar-refractivity contribution is -0.0345. The lowest BCUT2D eigenvalue weighted by atomic mass is 10.1. The van der Waals surface area contributed by atoms with Crippen LogP contribution in [-0.2, 0) is 17.7 Å². The Bertz CT molecular complexity index is 935. The number of fused-ring (bicyclic) bond motifs is 1. The van der Waals surface area contributed by atoms with Crippen molar-refractivity contribution in [3.8, 4) is 0 Å². The van der Waals surface area contributed by atoms with E-state index in [0.29, 0.717) is 0 Å². The molecule has 1 saturated heterocycles. The van der Waals surface area contributed by atoms with E-state index in [-0.39, 0.29) is 11.7 Å². The van der Waals surface area contributed by atoms with Gasteiger partial charge >= 0.3 is 0 Å². The average Bonchev–Trinajstić information content (AvgIpc) is 2.67. The molecule has 1 atom stereocenters. The van der Waals surface area contributed by atoms with Crippen LogP contribution in [0.2, 0.25) is 0 Å². The topological polar surface area (TPSA) is 71.1 Å². The van der Waals surface area contributed by atoms with E-state index in [1.807, 2.05) is 12.3 Å². The molecule has 0 spiro atoms. The van der Waals surface area contributed by atoms with Crippen molar-refractivity contribution in [2.45, 2.75) is 25.5 Å². The Hall–Kier alpha value is -2.57. The Morgan fingerprint density at radius 2 is 2.15 bits per heavy atom. The third-order valence-electron chi connectivity index (χ3n) is 4.81. The number of aromatic nitrogens is 3. The number of morpholine rings is 1. The largest absolute Gasteiger partial charge is 0.376 e. The van der Waals surface area contributed by atoms with Gasteiger partial charge < -0.3 is 9.72 Å². The maximum Gasteiger partial charge on any atom is 0.250 e. The molecule has 1 aliphatic heterocycles. The summed E-state index contributed by atoms with van der Waals surface area (Å²) in [4.78, 5) is 25.0. The van der Waals surface area contributed by atoms with E-state index in [1.165, 1.54) is 17.3 Å². The minimum absolute atomic E-state index is 0.106. The molecule has 6 heteroatoms. The molecular formula is C20H22N4O2. The van der Waals surface area contributed by atoms with Gasteiger partial charge in [-0.25, -0.2) is 4.98 Å². The highest BCUT2D eigenvalue weighted by Crippen LogP contribution is 2.20. The fourth-order valence-electron chi connectivity index (χ4n) is 3.49. The summed E-state index contributed by atoms with van der Waals surface area (Å²) in [6.45, 7) is 3.44. The molecule has 2 aromatic heterocycles. The molecule has 26 heavy (non-hydrogen) atoms. The first-order chi connectivity index (χ1) is 12.8. The molecule has 0 bridgehead atoms. The molecule has 0 amide bonds. The summed E-state index contributed by atoms with van der Waals surface area (Å²) >= 11 is 0. The third kappa shape index (κ3) is 3.98. The highest BCUT2D eigenvalue weighted by Gasteiger charge is 2.21. The maximum atomic E-state index is 11.4. The monoisotopic (exact) mass is 350 g/mol. The smallest absolute Gasteiger partial charge is 0.250 e. The quantitative estimate of drug-likeness (QED) is 0.763. The van der Waals surface area contributed by atoms with Gasteiger partial charge in [-0.1, -0.05) is 18.2 Å². The first-order valence-corrected chi connectivity index (χ1v) is 8.98. The molecule has 1 fully saturated rings. The summed E-state index contributed by atoms with van der Waals surface area (Å²) in [6.07, 6.45) is 5.12. The standard InChI is InChI=1S/C20H22N4O2/c25-20-11-16(22-14-23-20)5-6-17-13-24(9-10-26-17)12-15-7-8-21-19-4-2-1-3-18(15)19/h1-4,7-8,11,14,17H,5-6,9-10,12-13H2,(H,22,23,25)/t17-/m1/s1. The molecule has 134 valence electrons. The summed E-state index contributed by atoms with van der Waals surface area (Å²) in [7, 11) is 0. The number of nitrogens with zero attached hydrogens (tertiary/aromatic N) is 3. The number of hydrogen-bond donors (Lipinski definition) is 1. The number of benzene rings is 1. The number of aromatic amines is 1. The number of aryl methyl sites for hydroxylation is 1. The number of H-pyrrole nitrogens is 1. The first kappa shape index (κ1) is 16.9. The second kappa shape index (κ2) is 7.76. The molecule has 3 aromatic rings. The summed E-state index contributed by atoms with van der Waals surface area (Å²) in [6, 6.07) is 11.9. The van der Waals surface area contributed by atoms with Gasteiger partial charge in [-0.3, -0.25) is 14.7 Å². The maximum absolute atomic E-state index is 11.4. The first-order valence-electron chi connectivity index (χ1n) is 8.98. The highest BCUT2D eigenvalue weighted by atomic mass is 16.5. The van der Waals surface area contributed by atoms with Gasteiger partial charge in [-0.05, 0) is 30.5 Å². The van der Waals surface area contributed by atoms with Gasteiger partial charge in [0.25, 0.3) is 5.56 Å². The van der Waals surface area contributed by atoms with Crippen molar-refractivity contribution in [1.29, 1.82) is 0 Å². The van der Waals surface area contributed by atoms with E-state index in [2.05, 4.69) is 44.1 Å². The van der Waals surface area contributed by atoms with Gasteiger partial charge in [0.05, 0.1) is 24.6 Å². The Balaban J connectivity index is 1.39. The van der Waals surface area contributed by atoms with Crippen LogP contribution in [0.25, 0.3) is 10.9 Å². The van der Waals surface area contributed by atoms with Crippen molar-refractivity contribution in [2.24, 2.45) is 0 Å². The van der Waals surface area contributed by atoms with E-state index >= 15 is 0 Å². The fourth-order valence-corrected chi connectivity index (χ4v) is 3.49. The number of pyridine rings is 1. The zero-order valence-electron chi connectivity index (χ0n) is 14.6. The normalized spacial score (nSPS) is 18.2. The number of rotatable bonds is 5. The number of nitrogens with one attached hydrogen (secondary N) is 1. The van der Waals surface area contributed by atoms with Crippen LogP contribution in [-0.4, -0.2) is 45.7 Å². The molecule has 0 unspecified atom stereocenters. The Morgan fingerprint density at radius 3 is 3.08 bits per heavy atom. The Morgan fingerprint density at radius 1 is 1.23 bits per heavy atom. The van der Waals surface area contributed by atoms with Crippen LogP contribution >= 0.6 is 0 Å². The number of ether oxygens (including phenoxy) is 1. The predicted molar refractivity (Wildman–Crippen MR) is 99.9 cm³/mol. The lowest BCUT2D eigenvalue weighted by Crippen LogP contribution is -2.42. The molecule has 0 radical (unpaired) electrons. The minimum Gasteiger partial charge on any atom is -0.376 e. The Kier molecular flexibility index (Phi) is 5.04. The van der Waals surface area contributed by atoms with Gasteiger partial charge in [-0.15, -0.1) is 0 Å². The predicted octanol–water partition coefficient (Wildman–Crippen LogP) is 2.15. The second-order valence-electron chi connectivity index (χ2n) is 6.66. The molecule has 4 rings (SSSR count). The number of para-hydroxylation sites is 1. The van der Waals surface area contributed by atoms with Crippen molar-refractivity contribution in [3.63, 3.8) is 0 Å². The van der Waals surface area contributed by atoms with Crippen molar-refractivity contribution in [2.75, 3.05) is 19.7 Å². The number of hydrogen-bond acceptors (Lipinski definition) is 5. The van der Waals surface area contributed by atoms with Crippen molar-refractivity contribution in [3.05, 3.63) is 70.5 Å². The SMILES string of the molecule is O=c1cc(CC[C@@H]2CN(Cc3ccnc4ccccc34)CCO2)nc[nH]1. The zero-order valence-corrected chi connectivity index (χ0v) is 14.6. The van der Waals surface area contributed by atoms with Crippen molar-refractivity contribution >= 4 is 10.9 Å². The van der Waals surface area contributed by atoms with Crippen LogP contribution in [0.15, 0.2) is 53.7 Å². The fraction of sp³-hybridized carbons (Fsp3) is 0.350. The summed E-state index contributed by atoms with van der Waals surface area (Å²) in [5.74, 6) is 0. The molecule has 1 aliphatic rings. The van der Waals surface area contributed by atoms with E-state index < -0.39 is 0 Å². The van der Waals surface area contributed by atoms with Gasteiger partial charge in [0, 0.05) is 43.0 Å². The molecule has 6 nitrogen and oxygen atoms in total. The van der Waals surface area contributed by atoms with Gasteiger partial charge in [-0.2, -0.15) is 0 Å². The van der Waals surface area contributed by atoms with Crippen LogP contribution in [0.4, 0.5) is 0 Å². The van der Waals surface area contributed by atoms with Gasteiger partial charge in [0.1, 0.15) is 0 Å². The molecular weight excluding hydrogens is 328 g/mol. The van der Waals surface area contributed by atoms with E-state index in [0.717, 1.165) is 50.3 Å². The van der Waals surface area contributed by atoms with E-state index in [9.17, 15) is 4.79 Å². The summed E-state index contributed by atoms with van der Waals surface area (Å²) in [5, 5.41) is 1.21. The molecule has 1 N–H and O–H groups in total.